The molecule has 2 aliphatic heterocycles. The fourth-order valence-corrected chi connectivity index (χ4v) is 2.96. The Morgan fingerprint density at radius 2 is 2.15 bits per heavy atom. The van der Waals surface area contributed by atoms with Gasteiger partial charge in [-0.2, -0.15) is 13.2 Å². The van der Waals surface area contributed by atoms with E-state index >= 15 is 0 Å². The van der Waals surface area contributed by atoms with Gasteiger partial charge in [-0.3, -0.25) is 9.69 Å². The van der Waals surface area contributed by atoms with Crippen LogP contribution in [0.4, 0.5) is 13.2 Å². The minimum Gasteiger partial charge on any atom is -0.356 e. The molecule has 2 rings (SSSR count). The third-order valence-electron chi connectivity index (χ3n) is 3.95. The second kappa shape index (κ2) is 6.76. The Bertz CT molecular complexity index is 329. The Kier molecular flexibility index (Phi) is 5.26. The van der Waals surface area contributed by atoms with Gasteiger partial charge in [-0.15, -0.1) is 0 Å². The number of carbonyl (C=O) groups is 1. The number of rotatable bonds is 5. The molecule has 0 aromatic heterocycles. The lowest BCUT2D eigenvalue weighted by Gasteiger charge is -2.18. The SMILES string of the molecule is O=C(CC1CCCN1)NCC1CCN(CC(F)(F)F)C1. The Balaban J connectivity index is 1.61. The van der Waals surface area contributed by atoms with Gasteiger partial charge < -0.3 is 10.6 Å². The summed E-state index contributed by atoms with van der Waals surface area (Å²) in [7, 11) is 0. The van der Waals surface area contributed by atoms with Gasteiger partial charge in [0.15, 0.2) is 0 Å². The summed E-state index contributed by atoms with van der Waals surface area (Å²) < 4.78 is 36.8. The van der Waals surface area contributed by atoms with Gasteiger partial charge in [0.25, 0.3) is 0 Å². The average Bonchev–Trinajstić information content (AvgIpc) is 2.96. The van der Waals surface area contributed by atoms with Gasteiger partial charge in [-0.25, -0.2) is 0 Å². The molecule has 1 amide bonds. The van der Waals surface area contributed by atoms with Crippen LogP contribution in [0.3, 0.4) is 0 Å². The summed E-state index contributed by atoms with van der Waals surface area (Å²) in [4.78, 5) is 13.1. The van der Waals surface area contributed by atoms with Crippen LogP contribution in [0, 0.1) is 5.92 Å². The van der Waals surface area contributed by atoms with E-state index in [-0.39, 0.29) is 17.9 Å². The molecule has 2 fully saturated rings. The molecule has 2 aliphatic rings. The number of halogens is 3. The van der Waals surface area contributed by atoms with E-state index in [1.54, 1.807) is 0 Å². The molecule has 116 valence electrons. The van der Waals surface area contributed by atoms with E-state index in [0.717, 1.165) is 25.8 Å². The average molecular weight is 293 g/mol. The summed E-state index contributed by atoms with van der Waals surface area (Å²) in [6.45, 7) is 1.49. The molecule has 2 saturated heterocycles. The molecular weight excluding hydrogens is 271 g/mol. The number of likely N-dealkylation sites (tertiary alicyclic amines) is 1. The van der Waals surface area contributed by atoms with Crippen LogP contribution in [-0.2, 0) is 4.79 Å². The number of carbonyl (C=O) groups excluding carboxylic acids is 1. The van der Waals surface area contributed by atoms with Crippen LogP contribution >= 0.6 is 0 Å². The predicted octanol–water partition coefficient (Wildman–Crippen LogP) is 1.13. The Labute approximate surface area is 117 Å². The van der Waals surface area contributed by atoms with Gasteiger partial charge in [0.05, 0.1) is 6.54 Å². The van der Waals surface area contributed by atoms with E-state index in [1.807, 2.05) is 0 Å². The molecule has 0 aromatic rings. The monoisotopic (exact) mass is 293 g/mol. The van der Waals surface area contributed by atoms with Crippen molar-refractivity contribution in [3.63, 3.8) is 0 Å². The predicted molar refractivity (Wildman–Crippen MR) is 69.3 cm³/mol. The molecule has 0 radical (unpaired) electrons. The molecule has 20 heavy (non-hydrogen) atoms. The van der Waals surface area contributed by atoms with Crippen molar-refractivity contribution in [1.82, 2.24) is 15.5 Å². The summed E-state index contributed by atoms with van der Waals surface area (Å²) in [5.74, 6) is 0.136. The molecule has 2 atom stereocenters. The van der Waals surface area contributed by atoms with Gasteiger partial charge in [-0.05, 0) is 38.3 Å². The summed E-state index contributed by atoms with van der Waals surface area (Å²) in [6.07, 6.45) is -0.813. The highest BCUT2D eigenvalue weighted by Gasteiger charge is 2.34. The van der Waals surface area contributed by atoms with E-state index in [9.17, 15) is 18.0 Å². The Hall–Kier alpha value is -0.820. The van der Waals surface area contributed by atoms with Gasteiger partial charge in [0.1, 0.15) is 0 Å². The van der Waals surface area contributed by atoms with Crippen LogP contribution in [0.2, 0.25) is 0 Å². The van der Waals surface area contributed by atoms with E-state index in [2.05, 4.69) is 10.6 Å². The molecule has 0 aromatic carbocycles. The van der Waals surface area contributed by atoms with Crippen LogP contribution in [0.25, 0.3) is 0 Å². The van der Waals surface area contributed by atoms with Gasteiger partial charge >= 0.3 is 6.18 Å². The van der Waals surface area contributed by atoms with Crippen LogP contribution < -0.4 is 10.6 Å². The Morgan fingerprint density at radius 1 is 1.35 bits per heavy atom. The summed E-state index contributed by atoms with van der Waals surface area (Å²) in [6, 6.07) is 0.264. The molecule has 0 aliphatic carbocycles. The second-order valence-corrected chi connectivity index (χ2v) is 5.81. The molecule has 7 heteroatoms. The van der Waals surface area contributed by atoms with Gasteiger partial charge in [-0.1, -0.05) is 0 Å². The molecule has 4 nitrogen and oxygen atoms in total. The van der Waals surface area contributed by atoms with E-state index in [1.165, 1.54) is 4.90 Å². The first-order valence-corrected chi connectivity index (χ1v) is 7.21. The van der Waals surface area contributed by atoms with E-state index in [4.69, 9.17) is 0 Å². The molecular formula is C13H22F3N3O. The van der Waals surface area contributed by atoms with Crippen molar-refractivity contribution in [1.29, 1.82) is 0 Å². The zero-order valence-corrected chi connectivity index (χ0v) is 11.5. The second-order valence-electron chi connectivity index (χ2n) is 5.81. The first-order valence-electron chi connectivity index (χ1n) is 7.21. The summed E-state index contributed by atoms with van der Waals surface area (Å²) in [5.41, 5.74) is 0. The summed E-state index contributed by atoms with van der Waals surface area (Å²) in [5, 5.41) is 6.10. The molecule has 0 spiro atoms. The zero-order chi connectivity index (χ0) is 14.6. The maximum absolute atomic E-state index is 12.3. The van der Waals surface area contributed by atoms with Crippen molar-refractivity contribution in [3.8, 4) is 0 Å². The lowest BCUT2D eigenvalue weighted by atomic mass is 10.1. The largest absolute Gasteiger partial charge is 0.401 e. The molecule has 2 heterocycles. The smallest absolute Gasteiger partial charge is 0.356 e. The highest BCUT2D eigenvalue weighted by atomic mass is 19.4. The number of alkyl halides is 3. The van der Waals surface area contributed by atoms with Crippen molar-refractivity contribution in [2.45, 2.75) is 37.9 Å². The standard InChI is InChI=1S/C13H22F3N3O/c14-13(15,16)9-19-5-3-10(8-19)7-18-12(20)6-11-2-1-4-17-11/h10-11,17H,1-9H2,(H,18,20). The highest BCUT2D eigenvalue weighted by molar-refractivity contribution is 5.76. The summed E-state index contributed by atoms with van der Waals surface area (Å²) >= 11 is 0. The molecule has 2 unspecified atom stereocenters. The lowest BCUT2D eigenvalue weighted by Crippen LogP contribution is -2.36. The number of nitrogens with one attached hydrogen (secondary N) is 2. The molecule has 0 saturated carbocycles. The fourth-order valence-electron chi connectivity index (χ4n) is 2.96. The number of hydrogen-bond donors (Lipinski definition) is 2. The first kappa shape index (κ1) is 15.6. The fraction of sp³-hybridized carbons (Fsp3) is 0.923. The Morgan fingerprint density at radius 3 is 2.80 bits per heavy atom. The third kappa shape index (κ3) is 5.28. The number of amides is 1. The lowest BCUT2D eigenvalue weighted by molar-refractivity contribution is -0.143. The van der Waals surface area contributed by atoms with Crippen molar-refractivity contribution >= 4 is 5.91 Å². The molecule has 2 N–H and O–H groups in total. The van der Waals surface area contributed by atoms with E-state index in [0.29, 0.717) is 26.1 Å². The van der Waals surface area contributed by atoms with Gasteiger partial charge in [0.2, 0.25) is 5.91 Å². The van der Waals surface area contributed by atoms with Crippen molar-refractivity contribution < 1.29 is 18.0 Å². The minimum atomic E-state index is -4.13. The quantitative estimate of drug-likeness (QED) is 0.798. The normalized spacial score (nSPS) is 27.9. The van der Waals surface area contributed by atoms with Gasteiger partial charge in [0, 0.05) is 25.6 Å². The maximum Gasteiger partial charge on any atom is 0.401 e. The molecule has 0 bridgehead atoms. The van der Waals surface area contributed by atoms with Crippen molar-refractivity contribution in [2.24, 2.45) is 5.92 Å². The number of nitrogens with zero attached hydrogens (tertiary/aromatic N) is 1. The highest BCUT2D eigenvalue weighted by Crippen LogP contribution is 2.22. The van der Waals surface area contributed by atoms with Crippen LogP contribution in [-0.4, -0.2) is 55.7 Å². The number of hydrogen-bond acceptors (Lipinski definition) is 3. The zero-order valence-electron chi connectivity index (χ0n) is 11.5. The maximum atomic E-state index is 12.3. The van der Waals surface area contributed by atoms with Crippen LogP contribution in [0.5, 0.6) is 0 Å². The van der Waals surface area contributed by atoms with Crippen LogP contribution in [0.1, 0.15) is 25.7 Å². The minimum absolute atomic E-state index is 0.00123. The first-order chi connectivity index (χ1) is 9.42. The van der Waals surface area contributed by atoms with Crippen molar-refractivity contribution in [3.05, 3.63) is 0 Å². The van der Waals surface area contributed by atoms with E-state index < -0.39 is 12.7 Å². The third-order valence-corrected chi connectivity index (χ3v) is 3.95. The van der Waals surface area contributed by atoms with Crippen molar-refractivity contribution in [2.75, 3.05) is 32.7 Å². The van der Waals surface area contributed by atoms with Crippen LogP contribution in [0.15, 0.2) is 0 Å². The topological polar surface area (TPSA) is 44.4 Å².